The molecule has 178 valence electrons. The van der Waals surface area contributed by atoms with E-state index in [0.29, 0.717) is 30.7 Å². The first-order valence-electron chi connectivity index (χ1n) is 12.8. The third-order valence-corrected chi connectivity index (χ3v) is 8.72. The summed E-state index contributed by atoms with van der Waals surface area (Å²) in [5, 5.41) is 2.95. The molecule has 1 atom stereocenters. The summed E-state index contributed by atoms with van der Waals surface area (Å²) in [6.07, 6.45) is 9.34. The molecule has 6 rings (SSSR count). The van der Waals surface area contributed by atoms with Crippen molar-refractivity contribution >= 4 is 23.4 Å². The molecule has 33 heavy (non-hydrogen) atoms. The Morgan fingerprint density at radius 1 is 1.06 bits per heavy atom. The monoisotopic (exact) mass is 451 g/mol. The Morgan fingerprint density at radius 2 is 1.70 bits per heavy atom. The van der Waals surface area contributed by atoms with Crippen LogP contribution in [0.2, 0.25) is 0 Å². The minimum Gasteiger partial charge on any atom is -0.335 e. The number of rotatable bonds is 6. The smallest absolute Gasteiger partial charge is 0.245 e. The van der Waals surface area contributed by atoms with Crippen LogP contribution in [0.3, 0.4) is 0 Å². The normalized spacial score (nSPS) is 32.1. The van der Waals surface area contributed by atoms with Gasteiger partial charge in [0, 0.05) is 19.3 Å². The first-order valence-corrected chi connectivity index (χ1v) is 12.8. The van der Waals surface area contributed by atoms with Crippen LogP contribution < -0.4 is 5.32 Å². The largest absolute Gasteiger partial charge is 0.335 e. The lowest BCUT2D eigenvalue weighted by atomic mass is 9.49. The first-order chi connectivity index (χ1) is 15.9. The summed E-state index contributed by atoms with van der Waals surface area (Å²) in [5.74, 6) is 2.03. The number of nitrogens with one attached hydrogen (secondary N) is 1. The lowest BCUT2D eigenvalue weighted by Crippen LogP contribution is -2.57. The summed E-state index contributed by atoms with van der Waals surface area (Å²) < 4.78 is 0. The SMILES string of the molecule is CCc1ccccc1NC(=O)CN(C)C(=O)C1CCCN1C(=O)C12CC3CC(CC(C3)C1)C2. The van der Waals surface area contributed by atoms with Gasteiger partial charge in [0.2, 0.25) is 17.7 Å². The molecule has 3 amide bonds. The van der Waals surface area contributed by atoms with Crippen molar-refractivity contribution in [1.29, 1.82) is 0 Å². The second-order valence-corrected chi connectivity index (χ2v) is 11.1. The number of aryl methyl sites for hydroxylation is 1. The van der Waals surface area contributed by atoms with Crippen LogP contribution in [0.1, 0.15) is 63.9 Å². The number of hydrogen-bond donors (Lipinski definition) is 1. The van der Waals surface area contributed by atoms with Gasteiger partial charge in [-0.25, -0.2) is 0 Å². The van der Waals surface area contributed by atoms with E-state index in [2.05, 4.69) is 12.2 Å². The van der Waals surface area contributed by atoms with Gasteiger partial charge in [-0.15, -0.1) is 0 Å². The first kappa shape index (κ1) is 22.4. The van der Waals surface area contributed by atoms with Gasteiger partial charge in [-0.05, 0) is 87.2 Å². The molecule has 1 aromatic carbocycles. The number of carbonyl (C=O) groups excluding carboxylic acids is 3. The molecular weight excluding hydrogens is 414 g/mol. The molecule has 1 N–H and O–H groups in total. The highest BCUT2D eigenvalue weighted by molar-refractivity contribution is 5.97. The van der Waals surface area contributed by atoms with Crippen LogP contribution in [0.5, 0.6) is 0 Å². The Bertz CT molecular complexity index is 907. The number of amides is 3. The molecular formula is C27H37N3O3. The predicted octanol–water partition coefficient (Wildman–Crippen LogP) is 3.85. The fourth-order valence-corrected chi connectivity index (χ4v) is 7.63. The molecule has 0 aromatic heterocycles. The lowest BCUT2D eigenvalue weighted by molar-refractivity contribution is -0.161. The number of likely N-dealkylation sites (tertiary alicyclic amines) is 1. The van der Waals surface area contributed by atoms with E-state index in [1.54, 1.807) is 7.05 Å². The van der Waals surface area contributed by atoms with Crippen LogP contribution in [-0.2, 0) is 20.8 Å². The van der Waals surface area contributed by atoms with E-state index in [4.69, 9.17) is 0 Å². The molecule has 1 heterocycles. The van der Waals surface area contributed by atoms with Crippen molar-refractivity contribution in [1.82, 2.24) is 9.80 Å². The third-order valence-electron chi connectivity index (χ3n) is 8.72. The van der Waals surface area contributed by atoms with E-state index in [0.717, 1.165) is 43.4 Å². The molecule has 4 aliphatic carbocycles. The van der Waals surface area contributed by atoms with Gasteiger partial charge >= 0.3 is 0 Å². The van der Waals surface area contributed by atoms with Gasteiger partial charge in [0.25, 0.3) is 0 Å². The maximum Gasteiger partial charge on any atom is 0.245 e. The number of hydrogen-bond acceptors (Lipinski definition) is 3. The quantitative estimate of drug-likeness (QED) is 0.714. The summed E-state index contributed by atoms with van der Waals surface area (Å²) in [6, 6.07) is 7.32. The third kappa shape index (κ3) is 4.17. The highest BCUT2D eigenvalue weighted by Crippen LogP contribution is 2.60. The van der Waals surface area contributed by atoms with Gasteiger partial charge in [-0.1, -0.05) is 25.1 Å². The average molecular weight is 452 g/mol. The molecule has 6 heteroatoms. The minimum atomic E-state index is -0.425. The zero-order valence-corrected chi connectivity index (χ0v) is 20.0. The van der Waals surface area contributed by atoms with E-state index < -0.39 is 6.04 Å². The maximum atomic E-state index is 13.8. The fourth-order valence-electron chi connectivity index (χ4n) is 7.63. The molecule has 1 aliphatic heterocycles. The van der Waals surface area contributed by atoms with Crippen molar-refractivity contribution in [3.8, 4) is 0 Å². The van der Waals surface area contributed by atoms with Gasteiger partial charge < -0.3 is 15.1 Å². The molecule has 4 saturated carbocycles. The maximum absolute atomic E-state index is 13.8. The fraction of sp³-hybridized carbons (Fsp3) is 0.667. The predicted molar refractivity (Wildman–Crippen MR) is 127 cm³/mol. The van der Waals surface area contributed by atoms with Gasteiger partial charge in [-0.2, -0.15) is 0 Å². The van der Waals surface area contributed by atoms with Crippen molar-refractivity contribution in [2.24, 2.45) is 23.2 Å². The van der Waals surface area contributed by atoms with Crippen molar-refractivity contribution in [2.75, 3.05) is 25.5 Å². The Balaban J connectivity index is 1.23. The molecule has 1 saturated heterocycles. The van der Waals surface area contributed by atoms with Gasteiger partial charge in [0.15, 0.2) is 0 Å². The molecule has 1 unspecified atom stereocenters. The topological polar surface area (TPSA) is 69.7 Å². The second kappa shape index (κ2) is 8.77. The average Bonchev–Trinajstić information content (AvgIpc) is 3.27. The number of benzene rings is 1. The van der Waals surface area contributed by atoms with Gasteiger partial charge in [-0.3, -0.25) is 14.4 Å². The summed E-state index contributed by atoms with van der Waals surface area (Å²) >= 11 is 0. The van der Waals surface area contributed by atoms with Gasteiger partial charge in [0.05, 0.1) is 12.0 Å². The van der Waals surface area contributed by atoms with Crippen LogP contribution >= 0.6 is 0 Å². The summed E-state index contributed by atoms with van der Waals surface area (Å²) in [4.78, 5) is 43.3. The number of para-hydroxylation sites is 1. The van der Waals surface area contributed by atoms with Crippen LogP contribution in [0.25, 0.3) is 0 Å². The minimum absolute atomic E-state index is 0.00717. The Kier molecular flexibility index (Phi) is 5.96. The van der Waals surface area contributed by atoms with E-state index in [1.807, 2.05) is 29.2 Å². The van der Waals surface area contributed by atoms with Crippen LogP contribution in [0, 0.1) is 23.2 Å². The van der Waals surface area contributed by atoms with Crippen molar-refractivity contribution < 1.29 is 14.4 Å². The number of nitrogens with zero attached hydrogens (tertiary/aromatic N) is 2. The molecule has 6 nitrogen and oxygen atoms in total. The molecule has 0 radical (unpaired) electrons. The molecule has 5 fully saturated rings. The van der Waals surface area contributed by atoms with Gasteiger partial charge in [0.1, 0.15) is 6.04 Å². The molecule has 5 aliphatic rings. The van der Waals surface area contributed by atoms with E-state index >= 15 is 0 Å². The van der Waals surface area contributed by atoms with Crippen LogP contribution in [0.15, 0.2) is 24.3 Å². The lowest BCUT2D eigenvalue weighted by Gasteiger charge is -2.56. The highest BCUT2D eigenvalue weighted by Gasteiger charge is 2.57. The Hall–Kier alpha value is -2.37. The Labute approximate surface area is 197 Å². The second-order valence-electron chi connectivity index (χ2n) is 11.1. The molecule has 4 bridgehead atoms. The van der Waals surface area contributed by atoms with E-state index in [9.17, 15) is 14.4 Å². The summed E-state index contributed by atoms with van der Waals surface area (Å²) in [6.45, 7) is 2.71. The summed E-state index contributed by atoms with van der Waals surface area (Å²) in [7, 11) is 1.68. The van der Waals surface area contributed by atoms with E-state index in [1.165, 1.54) is 24.2 Å². The van der Waals surface area contributed by atoms with Crippen LogP contribution in [-0.4, -0.2) is 53.7 Å². The van der Waals surface area contributed by atoms with Crippen molar-refractivity contribution in [3.63, 3.8) is 0 Å². The Morgan fingerprint density at radius 3 is 2.33 bits per heavy atom. The molecule has 0 spiro atoms. The summed E-state index contributed by atoms with van der Waals surface area (Å²) in [5.41, 5.74) is 1.64. The number of anilines is 1. The van der Waals surface area contributed by atoms with Crippen molar-refractivity contribution in [3.05, 3.63) is 29.8 Å². The standard InChI is InChI=1S/C27H37N3O3/c1-3-21-7-4-5-8-22(21)28-24(31)17-29(2)25(32)23-9-6-10-30(23)26(33)27-14-18-11-19(15-27)13-20(12-18)16-27/h4-5,7-8,18-20,23H,3,6,9-17H2,1-2H3,(H,28,31). The van der Waals surface area contributed by atoms with Crippen molar-refractivity contribution in [2.45, 2.75) is 70.8 Å². The van der Waals surface area contributed by atoms with Crippen LogP contribution in [0.4, 0.5) is 5.69 Å². The zero-order chi connectivity index (χ0) is 23.2. The zero-order valence-electron chi connectivity index (χ0n) is 20.0. The van der Waals surface area contributed by atoms with E-state index in [-0.39, 0.29) is 29.7 Å². The highest BCUT2D eigenvalue weighted by atomic mass is 16.2. The number of carbonyl (C=O) groups is 3. The molecule has 1 aromatic rings. The number of likely N-dealkylation sites (N-methyl/N-ethyl adjacent to an activating group) is 1.